The fourth-order valence-corrected chi connectivity index (χ4v) is 3.20. The van der Waals surface area contributed by atoms with Gasteiger partial charge in [0.05, 0.1) is 5.56 Å². The Labute approximate surface area is 127 Å². The third-order valence-corrected chi connectivity index (χ3v) is 4.34. The average Bonchev–Trinajstić information content (AvgIpc) is 2.89. The van der Waals surface area contributed by atoms with Crippen molar-refractivity contribution >= 4 is 32.9 Å². The van der Waals surface area contributed by atoms with Crippen molar-refractivity contribution in [2.75, 3.05) is 5.73 Å². The second-order valence-electron chi connectivity index (χ2n) is 4.86. The van der Waals surface area contributed by atoms with Crippen molar-refractivity contribution in [1.29, 1.82) is 0 Å². The molecule has 0 spiro atoms. The maximum Gasteiger partial charge on any atom is 0.163 e. The van der Waals surface area contributed by atoms with Crippen LogP contribution in [0.4, 0.5) is 5.69 Å². The van der Waals surface area contributed by atoms with Gasteiger partial charge in [-0.2, -0.15) is 0 Å². The molecule has 0 amide bonds. The summed E-state index contributed by atoms with van der Waals surface area (Å²) in [6.45, 7) is 1.95. The van der Waals surface area contributed by atoms with E-state index in [4.69, 9.17) is 10.5 Å². The molecule has 0 atom stereocenters. The first-order valence-corrected chi connectivity index (χ1v) is 7.51. The summed E-state index contributed by atoms with van der Waals surface area (Å²) in [5.41, 5.74) is 7.94. The Hall–Kier alpha value is -2.33. The summed E-state index contributed by atoms with van der Waals surface area (Å²) >= 11 is 1.70. The van der Waals surface area contributed by atoms with Crippen LogP contribution in [0, 0.1) is 0 Å². The predicted octanol–water partition coefficient (Wildman–Crippen LogP) is 4.27. The summed E-state index contributed by atoms with van der Waals surface area (Å²) in [6.07, 6.45) is 0. The topological polar surface area (TPSA) is 52.3 Å². The monoisotopic (exact) mass is 297 g/mol. The molecular formula is C17H15NO2S. The highest BCUT2D eigenvalue weighted by atomic mass is 32.1. The fourth-order valence-electron chi connectivity index (χ4n) is 2.25. The minimum atomic E-state index is -0.0486. The summed E-state index contributed by atoms with van der Waals surface area (Å²) in [5, 5.41) is 3.29. The van der Waals surface area contributed by atoms with E-state index in [0.29, 0.717) is 23.6 Å². The number of rotatable bonds is 4. The van der Waals surface area contributed by atoms with E-state index in [1.165, 1.54) is 17.0 Å². The van der Waals surface area contributed by atoms with Crippen molar-refractivity contribution < 1.29 is 9.53 Å². The minimum Gasteiger partial charge on any atom is -0.488 e. The number of benzene rings is 2. The number of hydrogen-bond donors (Lipinski definition) is 1. The molecule has 2 aromatic carbocycles. The molecular weight excluding hydrogens is 282 g/mol. The van der Waals surface area contributed by atoms with E-state index in [-0.39, 0.29) is 5.78 Å². The Bertz CT molecular complexity index is 807. The predicted molar refractivity (Wildman–Crippen MR) is 87.0 cm³/mol. The van der Waals surface area contributed by atoms with Crippen molar-refractivity contribution in [3.8, 4) is 5.75 Å². The van der Waals surface area contributed by atoms with Crippen LogP contribution in [0.2, 0.25) is 0 Å². The van der Waals surface area contributed by atoms with Gasteiger partial charge in [-0.05, 0) is 42.0 Å². The van der Waals surface area contributed by atoms with Crippen LogP contribution in [-0.4, -0.2) is 5.78 Å². The third kappa shape index (κ3) is 2.76. The third-order valence-electron chi connectivity index (χ3n) is 3.33. The number of fused-ring (bicyclic) bond motifs is 1. The Morgan fingerprint density at radius 1 is 1.24 bits per heavy atom. The highest BCUT2D eigenvalue weighted by Gasteiger charge is 2.10. The van der Waals surface area contributed by atoms with Crippen LogP contribution in [0.3, 0.4) is 0 Å². The quantitative estimate of drug-likeness (QED) is 0.578. The number of nitrogens with two attached hydrogens (primary N) is 1. The van der Waals surface area contributed by atoms with E-state index >= 15 is 0 Å². The van der Waals surface area contributed by atoms with Gasteiger partial charge in [-0.15, -0.1) is 11.3 Å². The molecule has 0 unspecified atom stereocenters. The lowest BCUT2D eigenvalue weighted by atomic mass is 10.1. The van der Waals surface area contributed by atoms with Gasteiger partial charge in [0.1, 0.15) is 12.4 Å². The standard InChI is InChI=1S/C17H15NO2S/c1-11(19)15-8-13(18)6-7-16(15)20-9-12-10-21-17-5-3-2-4-14(12)17/h2-8,10H,9,18H2,1H3. The number of nitrogen functional groups attached to an aromatic ring is 1. The summed E-state index contributed by atoms with van der Waals surface area (Å²) in [5.74, 6) is 0.527. The lowest BCUT2D eigenvalue weighted by molar-refractivity contribution is 0.101. The number of ketones is 1. The van der Waals surface area contributed by atoms with Gasteiger partial charge < -0.3 is 10.5 Å². The Morgan fingerprint density at radius 2 is 2.05 bits per heavy atom. The van der Waals surface area contributed by atoms with E-state index in [1.807, 2.05) is 12.1 Å². The largest absolute Gasteiger partial charge is 0.488 e. The molecule has 1 aromatic heterocycles. The Kier molecular flexibility index (Phi) is 3.62. The Balaban J connectivity index is 1.87. The van der Waals surface area contributed by atoms with Gasteiger partial charge in [-0.1, -0.05) is 18.2 Å². The summed E-state index contributed by atoms with van der Waals surface area (Å²) in [4.78, 5) is 11.7. The van der Waals surface area contributed by atoms with Crippen LogP contribution < -0.4 is 10.5 Å². The molecule has 0 radical (unpaired) electrons. The van der Waals surface area contributed by atoms with Crippen molar-refractivity contribution in [1.82, 2.24) is 0 Å². The molecule has 106 valence electrons. The van der Waals surface area contributed by atoms with Gasteiger partial charge in [0.2, 0.25) is 0 Å². The van der Waals surface area contributed by atoms with Crippen LogP contribution in [0.25, 0.3) is 10.1 Å². The highest BCUT2D eigenvalue weighted by Crippen LogP contribution is 2.28. The molecule has 0 bridgehead atoms. The van der Waals surface area contributed by atoms with Gasteiger partial charge in [0.15, 0.2) is 5.78 Å². The van der Waals surface area contributed by atoms with Gasteiger partial charge in [0.25, 0.3) is 0 Å². The number of thiophene rings is 1. The second kappa shape index (κ2) is 5.58. The molecule has 21 heavy (non-hydrogen) atoms. The molecule has 2 N–H and O–H groups in total. The molecule has 3 nitrogen and oxygen atoms in total. The number of anilines is 1. The van der Waals surface area contributed by atoms with E-state index < -0.39 is 0 Å². The van der Waals surface area contributed by atoms with Crippen LogP contribution in [0.5, 0.6) is 5.75 Å². The van der Waals surface area contributed by atoms with Gasteiger partial charge in [0, 0.05) is 16.0 Å². The number of ether oxygens (including phenoxy) is 1. The molecule has 0 fully saturated rings. The smallest absolute Gasteiger partial charge is 0.163 e. The molecule has 4 heteroatoms. The molecule has 1 heterocycles. The minimum absolute atomic E-state index is 0.0486. The van der Waals surface area contributed by atoms with Crippen LogP contribution in [-0.2, 0) is 6.61 Å². The van der Waals surface area contributed by atoms with Gasteiger partial charge in [-0.25, -0.2) is 0 Å². The summed E-state index contributed by atoms with van der Waals surface area (Å²) in [6, 6.07) is 13.4. The maximum absolute atomic E-state index is 11.7. The summed E-state index contributed by atoms with van der Waals surface area (Å²) in [7, 11) is 0. The zero-order chi connectivity index (χ0) is 14.8. The Morgan fingerprint density at radius 3 is 2.86 bits per heavy atom. The SMILES string of the molecule is CC(=O)c1cc(N)ccc1OCc1csc2ccccc12. The molecule has 3 aromatic rings. The maximum atomic E-state index is 11.7. The number of carbonyl (C=O) groups excluding carboxylic acids is 1. The first kappa shape index (κ1) is 13.6. The first-order valence-electron chi connectivity index (χ1n) is 6.63. The normalized spacial score (nSPS) is 10.7. The lowest BCUT2D eigenvalue weighted by Gasteiger charge is -2.10. The van der Waals surface area contributed by atoms with Crippen LogP contribution >= 0.6 is 11.3 Å². The molecule has 3 rings (SSSR count). The number of Topliss-reactive ketones (excluding diaryl/α,β-unsaturated/α-hetero) is 1. The van der Waals surface area contributed by atoms with Crippen LogP contribution in [0.15, 0.2) is 47.8 Å². The van der Waals surface area contributed by atoms with E-state index in [9.17, 15) is 4.79 Å². The lowest BCUT2D eigenvalue weighted by Crippen LogP contribution is -2.02. The first-order chi connectivity index (χ1) is 10.1. The molecule has 0 aliphatic carbocycles. The zero-order valence-electron chi connectivity index (χ0n) is 11.6. The van der Waals surface area contributed by atoms with E-state index in [2.05, 4.69) is 17.5 Å². The van der Waals surface area contributed by atoms with Gasteiger partial charge in [-0.3, -0.25) is 4.79 Å². The number of carbonyl (C=O) groups is 1. The molecule has 0 aliphatic heterocycles. The van der Waals surface area contributed by atoms with E-state index in [0.717, 1.165) is 5.56 Å². The number of hydrogen-bond acceptors (Lipinski definition) is 4. The van der Waals surface area contributed by atoms with Crippen molar-refractivity contribution in [2.24, 2.45) is 0 Å². The van der Waals surface area contributed by atoms with Crippen LogP contribution in [0.1, 0.15) is 22.8 Å². The van der Waals surface area contributed by atoms with Crippen molar-refractivity contribution in [2.45, 2.75) is 13.5 Å². The molecule has 0 aliphatic rings. The summed E-state index contributed by atoms with van der Waals surface area (Å²) < 4.78 is 7.07. The molecule has 0 saturated carbocycles. The van der Waals surface area contributed by atoms with Crippen molar-refractivity contribution in [3.05, 3.63) is 59.0 Å². The zero-order valence-corrected chi connectivity index (χ0v) is 12.4. The fraction of sp³-hybridized carbons (Fsp3) is 0.118. The molecule has 0 saturated heterocycles. The van der Waals surface area contributed by atoms with Gasteiger partial charge >= 0.3 is 0 Å². The average molecular weight is 297 g/mol. The van der Waals surface area contributed by atoms with E-state index in [1.54, 1.807) is 29.5 Å². The highest BCUT2D eigenvalue weighted by molar-refractivity contribution is 7.17. The van der Waals surface area contributed by atoms with Crippen molar-refractivity contribution in [3.63, 3.8) is 0 Å². The second-order valence-corrected chi connectivity index (χ2v) is 5.77.